The van der Waals surface area contributed by atoms with Gasteiger partial charge >= 0.3 is 6.18 Å². The van der Waals surface area contributed by atoms with E-state index in [0.29, 0.717) is 11.3 Å². The molecule has 0 radical (unpaired) electrons. The monoisotopic (exact) mass is 404 g/mol. The molecule has 0 N–H and O–H groups in total. The summed E-state index contributed by atoms with van der Waals surface area (Å²) in [6.45, 7) is -2.05. The van der Waals surface area contributed by atoms with Crippen molar-refractivity contribution >= 4 is 18.1 Å². The molecule has 1 amide bonds. The summed E-state index contributed by atoms with van der Waals surface area (Å²) in [5.41, 5.74) is 0.590. The number of alkyl halides is 3. The second-order valence-electron chi connectivity index (χ2n) is 5.93. The average Bonchev–Trinajstić information content (AvgIpc) is 2.94. The maximum absolute atomic E-state index is 12.8. The molecule has 2 rings (SSSR count). The minimum atomic E-state index is -4.47. The van der Waals surface area contributed by atoms with Gasteiger partial charge < -0.3 is 14.1 Å². The summed E-state index contributed by atoms with van der Waals surface area (Å²) in [5, 5.41) is 4.13. The van der Waals surface area contributed by atoms with E-state index in [1.54, 1.807) is 24.3 Å². The Morgan fingerprint density at radius 1 is 1.30 bits per heavy atom. The van der Waals surface area contributed by atoms with E-state index in [1.165, 1.54) is 26.1 Å². The summed E-state index contributed by atoms with van der Waals surface area (Å²) in [5.74, 6) is 0.327. The first-order valence-electron chi connectivity index (χ1n) is 7.80. The van der Waals surface area contributed by atoms with Crippen LogP contribution in [-0.4, -0.2) is 66.0 Å². The van der Waals surface area contributed by atoms with Crippen molar-refractivity contribution in [3.63, 3.8) is 0 Å². The van der Waals surface area contributed by atoms with E-state index in [2.05, 4.69) is 5.10 Å². The van der Waals surface area contributed by atoms with Crippen LogP contribution >= 0.6 is 12.2 Å². The van der Waals surface area contributed by atoms with Crippen molar-refractivity contribution in [2.75, 3.05) is 34.3 Å². The lowest BCUT2D eigenvalue weighted by Crippen LogP contribution is -2.42. The van der Waals surface area contributed by atoms with Crippen LogP contribution in [-0.2, 0) is 11.5 Å². The molecule has 0 spiro atoms. The first-order chi connectivity index (χ1) is 12.6. The smallest absolute Gasteiger partial charge is 0.401 e. The summed E-state index contributed by atoms with van der Waals surface area (Å²) in [6.07, 6.45) is -4.47. The largest absolute Gasteiger partial charge is 0.497 e. The molecule has 0 aliphatic rings. The summed E-state index contributed by atoms with van der Waals surface area (Å²) in [4.78, 5) is 13.9. The van der Waals surface area contributed by atoms with E-state index in [9.17, 15) is 18.0 Å². The Morgan fingerprint density at radius 3 is 2.44 bits per heavy atom. The molecule has 0 saturated carbocycles. The van der Waals surface area contributed by atoms with E-state index >= 15 is 0 Å². The number of hydrogen-bond acceptors (Lipinski definition) is 6. The third-order valence-corrected chi connectivity index (χ3v) is 3.83. The lowest BCUT2D eigenvalue weighted by molar-refractivity contribution is -0.154. The zero-order valence-electron chi connectivity index (χ0n) is 15.0. The van der Waals surface area contributed by atoms with E-state index in [0.717, 1.165) is 9.58 Å². The fourth-order valence-corrected chi connectivity index (χ4v) is 2.35. The van der Waals surface area contributed by atoms with Crippen LogP contribution in [0.4, 0.5) is 13.2 Å². The topological polar surface area (TPSA) is 63.7 Å². The minimum absolute atomic E-state index is 0.0923. The number of carbonyl (C=O) groups is 1. The number of amides is 1. The molecule has 0 unspecified atom stereocenters. The van der Waals surface area contributed by atoms with Gasteiger partial charge in [0.1, 0.15) is 5.75 Å². The second-order valence-corrected chi connectivity index (χ2v) is 6.28. The Kier molecular flexibility index (Phi) is 6.60. The van der Waals surface area contributed by atoms with Gasteiger partial charge in [0.25, 0.3) is 4.84 Å². The first-order valence-corrected chi connectivity index (χ1v) is 8.21. The van der Waals surface area contributed by atoms with Gasteiger partial charge in [0.05, 0.1) is 26.9 Å². The second kappa shape index (κ2) is 8.53. The predicted octanol–water partition coefficient (Wildman–Crippen LogP) is 2.79. The molecule has 148 valence electrons. The summed E-state index contributed by atoms with van der Waals surface area (Å²) < 4.78 is 50.1. The molecule has 0 fully saturated rings. The minimum Gasteiger partial charge on any atom is -0.497 e. The normalized spacial score (nSPS) is 11.7. The Balaban J connectivity index is 2.22. The van der Waals surface area contributed by atoms with Gasteiger partial charge in [-0.15, -0.1) is 5.10 Å². The number of hydrogen-bond donors (Lipinski definition) is 0. The van der Waals surface area contributed by atoms with Crippen LogP contribution in [0, 0.1) is 4.84 Å². The van der Waals surface area contributed by atoms with Gasteiger partial charge in [-0.25, -0.2) is 4.68 Å². The van der Waals surface area contributed by atoms with Crippen molar-refractivity contribution in [3.8, 4) is 17.2 Å². The number of aromatic nitrogens is 2. The fourth-order valence-electron chi connectivity index (χ4n) is 2.18. The van der Waals surface area contributed by atoms with Gasteiger partial charge in [0, 0.05) is 19.7 Å². The van der Waals surface area contributed by atoms with Gasteiger partial charge in [0.2, 0.25) is 11.8 Å². The molecule has 11 heteroatoms. The van der Waals surface area contributed by atoms with Crippen LogP contribution in [0.2, 0.25) is 0 Å². The zero-order chi connectivity index (χ0) is 20.2. The number of halogens is 3. The highest BCUT2D eigenvalue weighted by Gasteiger charge is 2.32. The number of nitrogens with zero attached hydrogens (tertiary/aromatic N) is 4. The maximum Gasteiger partial charge on any atom is 0.401 e. The highest BCUT2D eigenvalue weighted by Crippen LogP contribution is 2.22. The zero-order valence-corrected chi connectivity index (χ0v) is 15.8. The van der Waals surface area contributed by atoms with Crippen LogP contribution < -0.4 is 4.74 Å². The summed E-state index contributed by atoms with van der Waals surface area (Å²) in [7, 11) is 4.47. The Labute approximate surface area is 158 Å². The van der Waals surface area contributed by atoms with Crippen LogP contribution in [0.3, 0.4) is 0 Å². The molecule has 0 aliphatic heterocycles. The first kappa shape index (κ1) is 20.9. The number of ether oxygens (including phenoxy) is 1. The summed E-state index contributed by atoms with van der Waals surface area (Å²) in [6, 6.07) is 6.76. The third kappa shape index (κ3) is 6.07. The van der Waals surface area contributed by atoms with Crippen molar-refractivity contribution in [2.45, 2.75) is 12.8 Å². The SMILES string of the molecule is COc1ccc(-c2nn(CN(CC(=O)N(C)C)CC(F)(F)F)c(=S)o2)cc1. The molecule has 0 saturated heterocycles. The van der Waals surface area contributed by atoms with Gasteiger partial charge in [0.15, 0.2) is 0 Å². The molecule has 2 aromatic rings. The van der Waals surface area contributed by atoms with E-state index in [-0.39, 0.29) is 17.4 Å². The highest BCUT2D eigenvalue weighted by molar-refractivity contribution is 7.71. The third-order valence-electron chi connectivity index (χ3n) is 3.54. The predicted molar refractivity (Wildman–Crippen MR) is 93.6 cm³/mol. The van der Waals surface area contributed by atoms with Crippen molar-refractivity contribution in [1.29, 1.82) is 0 Å². The quantitative estimate of drug-likeness (QED) is 0.662. The average molecular weight is 404 g/mol. The number of methoxy groups -OCH3 is 1. The van der Waals surface area contributed by atoms with Gasteiger partial charge in [-0.05, 0) is 36.5 Å². The summed E-state index contributed by atoms with van der Waals surface area (Å²) >= 11 is 5.05. The lowest BCUT2D eigenvalue weighted by Gasteiger charge is -2.23. The van der Waals surface area contributed by atoms with Crippen LogP contribution in [0.1, 0.15) is 0 Å². The van der Waals surface area contributed by atoms with Crippen molar-refractivity contribution in [2.24, 2.45) is 0 Å². The standard InChI is InChI=1S/C16H19F3N4O3S/c1-21(2)13(24)8-22(9-16(17,18)19)10-23-15(27)26-14(20-23)11-4-6-12(25-3)7-5-11/h4-7H,8-10H2,1-3H3. The van der Waals surface area contributed by atoms with Crippen LogP contribution in [0.5, 0.6) is 5.75 Å². The van der Waals surface area contributed by atoms with Crippen LogP contribution in [0.15, 0.2) is 28.7 Å². The molecular weight excluding hydrogens is 385 g/mol. The van der Waals surface area contributed by atoms with Crippen molar-refractivity contribution in [3.05, 3.63) is 29.1 Å². The van der Waals surface area contributed by atoms with Crippen molar-refractivity contribution < 1.29 is 27.1 Å². The van der Waals surface area contributed by atoms with E-state index < -0.39 is 25.2 Å². The van der Waals surface area contributed by atoms with E-state index in [1.807, 2.05) is 0 Å². The van der Waals surface area contributed by atoms with Gasteiger partial charge in [-0.2, -0.15) is 13.2 Å². The Bertz CT molecular complexity index is 831. The number of carbonyl (C=O) groups excluding carboxylic acids is 1. The number of likely N-dealkylation sites (N-methyl/N-ethyl adjacent to an activating group) is 1. The van der Waals surface area contributed by atoms with Gasteiger partial charge in [-0.1, -0.05) is 0 Å². The molecule has 1 heterocycles. The molecule has 1 aromatic heterocycles. The molecule has 27 heavy (non-hydrogen) atoms. The molecule has 0 atom stereocenters. The fraction of sp³-hybridized carbons (Fsp3) is 0.438. The van der Waals surface area contributed by atoms with Crippen molar-refractivity contribution in [1.82, 2.24) is 19.6 Å². The number of rotatable bonds is 7. The molecule has 1 aromatic carbocycles. The molecule has 7 nitrogen and oxygen atoms in total. The van der Waals surface area contributed by atoms with Gasteiger partial charge in [-0.3, -0.25) is 9.69 Å². The highest BCUT2D eigenvalue weighted by atomic mass is 32.1. The lowest BCUT2D eigenvalue weighted by atomic mass is 10.2. The maximum atomic E-state index is 12.8. The molecular formula is C16H19F3N4O3S. The molecule has 0 bridgehead atoms. The number of benzene rings is 1. The van der Waals surface area contributed by atoms with E-state index in [4.69, 9.17) is 21.4 Å². The Morgan fingerprint density at radius 2 is 1.93 bits per heavy atom. The molecule has 0 aliphatic carbocycles. The van der Waals surface area contributed by atoms with Crippen LogP contribution in [0.25, 0.3) is 11.5 Å². The Hall–Kier alpha value is -2.40.